The molecule has 0 saturated heterocycles. The number of amides is 2. The number of hydrogen-bond donors (Lipinski definition) is 2. The molecule has 2 amide bonds. The summed E-state index contributed by atoms with van der Waals surface area (Å²) >= 11 is 1.33. The van der Waals surface area contributed by atoms with Crippen molar-refractivity contribution < 1.29 is 19.1 Å². The van der Waals surface area contributed by atoms with Crippen LogP contribution in [0.4, 0.5) is 10.8 Å². The van der Waals surface area contributed by atoms with Gasteiger partial charge < -0.3 is 14.8 Å². The fraction of sp³-hybridized carbons (Fsp3) is 0.150. The molecule has 0 saturated carbocycles. The zero-order chi connectivity index (χ0) is 19.1. The van der Waals surface area contributed by atoms with Crippen LogP contribution < -0.4 is 20.1 Å². The third kappa shape index (κ3) is 3.07. The van der Waals surface area contributed by atoms with E-state index in [2.05, 4.69) is 15.6 Å². The number of para-hydroxylation sites is 2. The highest BCUT2D eigenvalue weighted by atomic mass is 32.1. The number of fused-ring (bicyclic) bond motifs is 2. The van der Waals surface area contributed by atoms with Gasteiger partial charge in [0.15, 0.2) is 16.6 Å². The lowest BCUT2D eigenvalue weighted by Gasteiger charge is -2.25. The van der Waals surface area contributed by atoms with E-state index in [0.717, 1.165) is 22.5 Å². The molecule has 0 fully saturated rings. The number of anilines is 2. The summed E-state index contributed by atoms with van der Waals surface area (Å²) in [7, 11) is 0. The van der Waals surface area contributed by atoms with Crippen LogP contribution in [-0.2, 0) is 16.0 Å². The molecule has 0 radical (unpaired) electrons. The number of thiazole rings is 1. The zero-order valence-electron chi connectivity index (χ0n) is 14.6. The van der Waals surface area contributed by atoms with Crippen LogP contribution >= 0.6 is 11.3 Å². The van der Waals surface area contributed by atoms with Crippen molar-refractivity contribution in [3.8, 4) is 22.8 Å². The maximum absolute atomic E-state index is 12.5. The Morgan fingerprint density at radius 1 is 1.21 bits per heavy atom. The van der Waals surface area contributed by atoms with Crippen LogP contribution in [0.5, 0.6) is 11.5 Å². The molecule has 7 nitrogen and oxygen atoms in total. The zero-order valence-corrected chi connectivity index (χ0v) is 15.4. The maximum Gasteiger partial charge on any atom is 0.270 e. The molecule has 1 atom stereocenters. The van der Waals surface area contributed by atoms with Gasteiger partial charge in [-0.05, 0) is 29.8 Å². The van der Waals surface area contributed by atoms with Gasteiger partial charge in [0.25, 0.3) is 5.91 Å². The largest absolute Gasteiger partial charge is 0.485 e. The Morgan fingerprint density at radius 3 is 2.96 bits per heavy atom. The molecule has 140 valence electrons. The normalized spacial score (nSPS) is 17.0. The number of nitrogens with zero attached hydrogens (tertiary/aromatic N) is 1. The summed E-state index contributed by atoms with van der Waals surface area (Å²) in [5.74, 6) is 0.872. The quantitative estimate of drug-likeness (QED) is 0.714. The van der Waals surface area contributed by atoms with Crippen molar-refractivity contribution in [1.82, 2.24) is 4.98 Å². The van der Waals surface area contributed by atoms with Gasteiger partial charge in [0.2, 0.25) is 12.0 Å². The van der Waals surface area contributed by atoms with Gasteiger partial charge in [-0.2, -0.15) is 0 Å². The van der Waals surface area contributed by atoms with E-state index in [1.807, 2.05) is 35.7 Å². The number of rotatable bonds is 3. The van der Waals surface area contributed by atoms with Crippen LogP contribution in [0.15, 0.2) is 47.8 Å². The number of aromatic nitrogens is 1. The van der Waals surface area contributed by atoms with E-state index in [9.17, 15) is 9.59 Å². The minimum atomic E-state index is -0.737. The van der Waals surface area contributed by atoms with E-state index in [4.69, 9.17) is 9.47 Å². The molecule has 0 aliphatic carbocycles. The van der Waals surface area contributed by atoms with Crippen molar-refractivity contribution in [3.05, 3.63) is 53.4 Å². The topological polar surface area (TPSA) is 89.6 Å². The minimum Gasteiger partial charge on any atom is -0.485 e. The molecule has 28 heavy (non-hydrogen) atoms. The molecule has 3 heterocycles. The predicted octanol–water partition coefficient (Wildman–Crippen LogP) is 3.08. The Hall–Kier alpha value is -3.39. The SMILES string of the molecule is O=C1Cc2cc(-c3csc(NC(=O)[C@@H]4COc5ccccc5O4)n3)ccc2N1. The second kappa shape index (κ2) is 6.65. The molecule has 3 aromatic rings. The fourth-order valence-electron chi connectivity index (χ4n) is 3.19. The lowest BCUT2D eigenvalue weighted by molar-refractivity contribution is -0.125. The van der Waals surface area contributed by atoms with E-state index >= 15 is 0 Å². The van der Waals surface area contributed by atoms with Crippen molar-refractivity contribution >= 4 is 34.0 Å². The Balaban J connectivity index is 1.29. The molecular weight excluding hydrogens is 378 g/mol. The summed E-state index contributed by atoms with van der Waals surface area (Å²) in [4.78, 5) is 28.5. The maximum atomic E-state index is 12.5. The van der Waals surface area contributed by atoms with Crippen molar-refractivity contribution in [3.63, 3.8) is 0 Å². The number of ether oxygens (including phenoxy) is 2. The van der Waals surface area contributed by atoms with Crippen molar-refractivity contribution in [2.24, 2.45) is 0 Å². The van der Waals surface area contributed by atoms with Gasteiger partial charge in [0, 0.05) is 16.6 Å². The second-order valence-corrected chi connectivity index (χ2v) is 7.35. The number of nitrogens with one attached hydrogen (secondary N) is 2. The van der Waals surface area contributed by atoms with Crippen LogP contribution in [0.3, 0.4) is 0 Å². The second-order valence-electron chi connectivity index (χ2n) is 6.49. The first-order valence-electron chi connectivity index (χ1n) is 8.74. The molecule has 2 aromatic carbocycles. The summed E-state index contributed by atoms with van der Waals surface area (Å²) in [5.41, 5.74) is 3.44. The molecular formula is C20H15N3O4S. The Labute approximate surface area is 164 Å². The lowest BCUT2D eigenvalue weighted by Crippen LogP contribution is -2.40. The van der Waals surface area contributed by atoms with Gasteiger partial charge in [0.05, 0.1) is 12.1 Å². The van der Waals surface area contributed by atoms with Gasteiger partial charge >= 0.3 is 0 Å². The van der Waals surface area contributed by atoms with E-state index in [1.165, 1.54) is 11.3 Å². The van der Waals surface area contributed by atoms with Crippen molar-refractivity contribution in [1.29, 1.82) is 0 Å². The molecule has 0 spiro atoms. The molecule has 1 aromatic heterocycles. The molecule has 5 rings (SSSR count). The van der Waals surface area contributed by atoms with Gasteiger partial charge in [-0.1, -0.05) is 18.2 Å². The highest BCUT2D eigenvalue weighted by Crippen LogP contribution is 2.32. The molecule has 2 N–H and O–H groups in total. The lowest BCUT2D eigenvalue weighted by atomic mass is 10.1. The van der Waals surface area contributed by atoms with Gasteiger partial charge in [-0.3, -0.25) is 14.9 Å². The molecule has 0 bridgehead atoms. The van der Waals surface area contributed by atoms with Crippen molar-refractivity contribution in [2.75, 3.05) is 17.2 Å². The number of carbonyl (C=O) groups is 2. The summed E-state index contributed by atoms with van der Waals surface area (Å²) in [6, 6.07) is 13.0. The van der Waals surface area contributed by atoms with Gasteiger partial charge in [-0.15, -0.1) is 11.3 Å². The van der Waals surface area contributed by atoms with Gasteiger partial charge in [0.1, 0.15) is 6.61 Å². The number of hydrogen-bond acceptors (Lipinski definition) is 6. The molecule has 2 aliphatic rings. The monoisotopic (exact) mass is 393 g/mol. The van der Waals surface area contributed by atoms with Crippen LogP contribution in [0, 0.1) is 0 Å². The molecule has 2 aliphatic heterocycles. The average molecular weight is 393 g/mol. The third-order valence-electron chi connectivity index (χ3n) is 4.56. The molecule has 0 unspecified atom stereocenters. The Bertz CT molecular complexity index is 1090. The Kier molecular flexibility index (Phi) is 3.98. The average Bonchev–Trinajstić information content (AvgIpc) is 3.32. The van der Waals surface area contributed by atoms with Crippen LogP contribution in [0.25, 0.3) is 11.3 Å². The van der Waals surface area contributed by atoms with E-state index in [-0.39, 0.29) is 18.4 Å². The van der Waals surface area contributed by atoms with E-state index in [0.29, 0.717) is 23.1 Å². The molecule has 8 heteroatoms. The highest BCUT2D eigenvalue weighted by molar-refractivity contribution is 7.14. The first-order valence-corrected chi connectivity index (χ1v) is 9.62. The third-order valence-corrected chi connectivity index (χ3v) is 5.32. The van der Waals surface area contributed by atoms with Crippen LogP contribution in [-0.4, -0.2) is 29.5 Å². The number of benzene rings is 2. The summed E-state index contributed by atoms with van der Waals surface area (Å²) < 4.78 is 11.3. The Morgan fingerprint density at radius 2 is 2.07 bits per heavy atom. The first-order chi connectivity index (χ1) is 13.7. The van der Waals surface area contributed by atoms with Crippen LogP contribution in [0.2, 0.25) is 0 Å². The van der Waals surface area contributed by atoms with E-state index in [1.54, 1.807) is 12.1 Å². The van der Waals surface area contributed by atoms with Gasteiger partial charge in [-0.25, -0.2) is 4.98 Å². The minimum absolute atomic E-state index is 0.00495. The summed E-state index contributed by atoms with van der Waals surface area (Å²) in [5, 5.41) is 7.95. The first kappa shape index (κ1) is 16.8. The fourth-order valence-corrected chi connectivity index (χ4v) is 3.91. The summed E-state index contributed by atoms with van der Waals surface area (Å²) in [6.45, 7) is 0.146. The smallest absolute Gasteiger partial charge is 0.270 e. The van der Waals surface area contributed by atoms with Crippen molar-refractivity contribution in [2.45, 2.75) is 12.5 Å². The number of carbonyl (C=O) groups excluding carboxylic acids is 2. The predicted molar refractivity (Wildman–Crippen MR) is 105 cm³/mol. The van der Waals surface area contributed by atoms with E-state index < -0.39 is 6.10 Å². The van der Waals surface area contributed by atoms with Crippen LogP contribution in [0.1, 0.15) is 5.56 Å². The summed E-state index contributed by atoms with van der Waals surface area (Å²) in [6.07, 6.45) is -0.364. The highest BCUT2D eigenvalue weighted by Gasteiger charge is 2.28. The standard InChI is InChI=1S/C20H15N3O4S/c24-18-8-12-7-11(5-6-13(12)21-18)14-10-28-20(22-14)23-19(25)17-9-26-15-3-1-2-4-16(15)27-17/h1-7,10,17H,8-9H2,(H,21,24)(H,22,23,25)/t17-/m0/s1.